The second-order valence-corrected chi connectivity index (χ2v) is 5.68. The molecule has 2 atom stereocenters. The molecular weight excluding hydrogens is 276 g/mol. The Balaban J connectivity index is 2.62. The zero-order valence-corrected chi connectivity index (χ0v) is 11.9. The number of carbonyl (C=O) groups excluding carboxylic acids is 1. The van der Waals surface area contributed by atoms with E-state index in [2.05, 4.69) is 5.32 Å². The maximum absolute atomic E-state index is 11.8. The molecule has 100 valence electrons. The first-order valence-electron chi connectivity index (χ1n) is 5.34. The van der Waals surface area contributed by atoms with Gasteiger partial charge in [-0.25, -0.2) is 9.59 Å². The second kappa shape index (κ2) is 6.06. The van der Waals surface area contributed by atoms with Crippen LogP contribution in [0.25, 0.3) is 0 Å². The molecule has 1 aromatic heterocycles. The lowest BCUT2D eigenvalue weighted by molar-refractivity contribution is -0.141. The van der Waals surface area contributed by atoms with E-state index in [1.165, 1.54) is 25.3 Å². The number of amides is 2. The average Bonchev–Trinajstić information content (AvgIpc) is 2.73. The Labute approximate surface area is 114 Å². The van der Waals surface area contributed by atoms with Gasteiger partial charge in [-0.15, -0.1) is 11.3 Å². The lowest BCUT2D eigenvalue weighted by atomic mass is 10.2. The van der Waals surface area contributed by atoms with Crippen LogP contribution < -0.4 is 5.32 Å². The summed E-state index contributed by atoms with van der Waals surface area (Å²) in [5.74, 6) is -1.04. The highest BCUT2D eigenvalue weighted by Gasteiger charge is 2.23. The third kappa shape index (κ3) is 3.61. The number of aliphatic carboxylic acids is 1. The van der Waals surface area contributed by atoms with Gasteiger partial charge in [-0.05, 0) is 26.0 Å². The molecule has 0 saturated carbocycles. The van der Waals surface area contributed by atoms with Crippen LogP contribution in [0.2, 0.25) is 4.34 Å². The lowest BCUT2D eigenvalue weighted by Crippen LogP contribution is -2.46. The molecule has 1 aromatic rings. The van der Waals surface area contributed by atoms with E-state index in [4.69, 9.17) is 16.7 Å². The fraction of sp³-hybridized carbons (Fsp3) is 0.455. The van der Waals surface area contributed by atoms with Crippen molar-refractivity contribution in [3.63, 3.8) is 0 Å². The van der Waals surface area contributed by atoms with Gasteiger partial charge < -0.3 is 15.3 Å². The van der Waals surface area contributed by atoms with Gasteiger partial charge in [-0.2, -0.15) is 0 Å². The Morgan fingerprint density at radius 3 is 2.50 bits per heavy atom. The minimum atomic E-state index is -1.04. The van der Waals surface area contributed by atoms with E-state index < -0.39 is 18.0 Å². The molecule has 2 unspecified atom stereocenters. The van der Waals surface area contributed by atoms with Crippen molar-refractivity contribution in [1.29, 1.82) is 0 Å². The second-order valence-electron chi connectivity index (χ2n) is 3.94. The summed E-state index contributed by atoms with van der Waals surface area (Å²) in [6.45, 7) is 3.27. The van der Waals surface area contributed by atoms with Crippen LogP contribution in [0.5, 0.6) is 0 Å². The van der Waals surface area contributed by atoms with Crippen molar-refractivity contribution in [3.05, 3.63) is 21.3 Å². The number of carbonyl (C=O) groups is 2. The Bertz CT molecular complexity index is 449. The molecule has 0 bridgehead atoms. The Morgan fingerprint density at radius 2 is 2.06 bits per heavy atom. The van der Waals surface area contributed by atoms with Crippen LogP contribution >= 0.6 is 22.9 Å². The fourth-order valence-electron chi connectivity index (χ4n) is 1.26. The maximum atomic E-state index is 11.8. The minimum absolute atomic E-state index is 0.210. The van der Waals surface area contributed by atoms with E-state index in [0.29, 0.717) is 4.34 Å². The van der Waals surface area contributed by atoms with E-state index in [1.807, 2.05) is 13.0 Å². The first kappa shape index (κ1) is 14.8. The predicted octanol–water partition coefficient (Wildman–Crippen LogP) is 2.58. The number of thiophene rings is 1. The van der Waals surface area contributed by atoms with Gasteiger partial charge in [0.15, 0.2) is 0 Å². The lowest BCUT2D eigenvalue weighted by Gasteiger charge is -2.23. The van der Waals surface area contributed by atoms with Crippen molar-refractivity contribution in [1.82, 2.24) is 10.2 Å². The van der Waals surface area contributed by atoms with Crippen molar-refractivity contribution in [3.8, 4) is 0 Å². The molecule has 0 aliphatic carbocycles. The van der Waals surface area contributed by atoms with E-state index in [9.17, 15) is 9.59 Å². The Hall–Kier alpha value is -1.27. The summed E-state index contributed by atoms with van der Waals surface area (Å²) >= 11 is 7.19. The van der Waals surface area contributed by atoms with Crippen LogP contribution in [0.1, 0.15) is 24.8 Å². The molecule has 18 heavy (non-hydrogen) atoms. The zero-order valence-electron chi connectivity index (χ0n) is 10.3. The third-order valence-electron chi connectivity index (χ3n) is 2.62. The number of carboxylic acids is 1. The standard InChI is InChI=1S/C11H15ClN2O3S/c1-6(8-4-5-9(12)18-8)13-11(17)14(3)7(2)10(15)16/h4-7H,1-3H3,(H,13,17)(H,15,16). The van der Waals surface area contributed by atoms with Gasteiger partial charge in [-0.1, -0.05) is 11.6 Å². The van der Waals surface area contributed by atoms with Crippen LogP contribution in [0.3, 0.4) is 0 Å². The van der Waals surface area contributed by atoms with Gasteiger partial charge in [0.05, 0.1) is 10.4 Å². The number of rotatable bonds is 4. The van der Waals surface area contributed by atoms with Crippen LogP contribution in [-0.2, 0) is 4.79 Å². The first-order chi connectivity index (χ1) is 8.32. The Kier molecular flexibility index (Phi) is 4.98. The van der Waals surface area contributed by atoms with Gasteiger partial charge >= 0.3 is 12.0 Å². The van der Waals surface area contributed by atoms with Crippen molar-refractivity contribution < 1.29 is 14.7 Å². The molecule has 1 rings (SSSR count). The normalized spacial score (nSPS) is 13.8. The number of halogens is 1. The maximum Gasteiger partial charge on any atom is 0.326 e. The minimum Gasteiger partial charge on any atom is -0.480 e. The van der Waals surface area contributed by atoms with Crippen LogP contribution in [0.4, 0.5) is 4.79 Å². The molecule has 0 aromatic carbocycles. The largest absolute Gasteiger partial charge is 0.480 e. The number of hydrogen-bond acceptors (Lipinski definition) is 3. The topological polar surface area (TPSA) is 69.6 Å². The van der Waals surface area contributed by atoms with Crippen LogP contribution in [0.15, 0.2) is 12.1 Å². The van der Waals surface area contributed by atoms with Crippen molar-refractivity contribution in [2.75, 3.05) is 7.05 Å². The van der Waals surface area contributed by atoms with Gasteiger partial charge in [0.1, 0.15) is 6.04 Å². The zero-order chi connectivity index (χ0) is 13.9. The van der Waals surface area contributed by atoms with E-state index >= 15 is 0 Å². The molecule has 0 aliphatic rings. The molecular formula is C11H15ClN2O3S. The summed E-state index contributed by atoms with van der Waals surface area (Å²) in [5.41, 5.74) is 0. The number of hydrogen-bond donors (Lipinski definition) is 2. The summed E-state index contributed by atoms with van der Waals surface area (Å²) in [7, 11) is 1.45. The van der Waals surface area contributed by atoms with E-state index in [0.717, 1.165) is 9.78 Å². The van der Waals surface area contributed by atoms with E-state index in [1.54, 1.807) is 6.07 Å². The van der Waals surface area contributed by atoms with E-state index in [-0.39, 0.29) is 6.04 Å². The van der Waals surface area contributed by atoms with Crippen molar-refractivity contribution >= 4 is 34.9 Å². The number of nitrogens with one attached hydrogen (secondary N) is 1. The first-order valence-corrected chi connectivity index (χ1v) is 6.53. The third-order valence-corrected chi connectivity index (χ3v) is 4.03. The van der Waals surface area contributed by atoms with Crippen molar-refractivity contribution in [2.24, 2.45) is 0 Å². The Morgan fingerprint density at radius 1 is 1.44 bits per heavy atom. The monoisotopic (exact) mass is 290 g/mol. The SMILES string of the molecule is CC(NC(=O)N(C)C(C)C(=O)O)c1ccc(Cl)s1. The summed E-state index contributed by atoms with van der Waals surface area (Å²) in [4.78, 5) is 24.6. The van der Waals surface area contributed by atoms with Gasteiger partial charge in [0, 0.05) is 11.9 Å². The highest BCUT2D eigenvalue weighted by molar-refractivity contribution is 7.16. The molecule has 0 spiro atoms. The van der Waals surface area contributed by atoms with Crippen LogP contribution in [0, 0.1) is 0 Å². The molecule has 0 aliphatic heterocycles. The predicted molar refractivity (Wildman–Crippen MR) is 71.1 cm³/mol. The fourth-order valence-corrected chi connectivity index (χ4v) is 2.32. The number of likely N-dealkylation sites (N-methyl/N-ethyl adjacent to an activating group) is 1. The van der Waals surface area contributed by atoms with Crippen molar-refractivity contribution in [2.45, 2.75) is 25.9 Å². The molecule has 2 amide bonds. The molecule has 2 N–H and O–H groups in total. The summed E-state index contributed by atoms with van der Waals surface area (Å²) < 4.78 is 0.651. The highest BCUT2D eigenvalue weighted by Crippen LogP contribution is 2.26. The van der Waals surface area contributed by atoms with Crippen LogP contribution in [-0.4, -0.2) is 35.1 Å². The molecule has 1 heterocycles. The van der Waals surface area contributed by atoms with Gasteiger partial charge in [-0.3, -0.25) is 0 Å². The molecule has 5 nitrogen and oxygen atoms in total. The number of nitrogens with zero attached hydrogens (tertiary/aromatic N) is 1. The molecule has 0 fully saturated rings. The highest BCUT2D eigenvalue weighted by atomic mass is 35.5. The van der Waals surface area contributed by atoms with Gasteiger partial charge in [0.25, 0.3) is 0 Å². The van der Waals surface area contributed by atoms with Gasteiger partial charge in [0.2, 0.25) is 0 Å². The average molecular weight is 291 g/mol. The molecule has 0 radical (unpaired) electrons. The summed E-state index contributed by atoms with van der Waals surface area (Å²) in [5, 5.41) is 11.5. The quantitative estimate of drug-likeness (QED) is 0.895. The molecule has 7 heteroatoms. The summed E-state index contributed by atoms with van der Waals surface area (Å²) in [6, 6.07) is 2.08. The smallest absolute Gasteiger partial charge is 0.326 e. The summed E-state index contributed by atoms with van der Waals surface area (Å²) in [6.07, 6.45) is 0. The number of carboxylic acid groups (broad SMARTS) is 1. The number of urea groups is 1. The molecule has 0 saturated heterocycles.